The predicted octanol–water partition coefficient (Wildman–Crippen LogP) is 2.04. The van der Waals surface area contributed by atoms with Crippen LogP contribution in [0.3, 0.4) is 0 Å². The molecule has 26 heavy (non-hydrogen) atoms. The van der Waals surface area contributed by atoms with Gasteiger partial charge in [-0.15, -0.1) is 5.10 Å². The first-order valence-electron chi connectivity index (χ1n) is 8.14. The van der Waals surface area contributed by atoms with E-state index in [0.29, 0.717) is 18.2 Å². The van der Waals surface area contributed by atoms with E-state index < -0.39 is 0 Å². The highest BCUT2D eigenvalue weighted by molar-refractivity contribution is 7.99. The van der Waals surface area contributed by atoms with E-state index in [9.17, 15) is 4.79 Å². The van der Waals surface area contributed by atoms with Crippen LogP contribution < -0.4 is 0 Å². The molecule has 1 aliphatic rings. The number of benzene rings is 1. The van der Waals surface area contributed by atoms with Gasteiger partial charge in [0.2, 0.25) is 5.16 Å². The molecule has 2 aromatic heterocycles. The van der Waals surface area contributed by atoms with Gasteiger partial charge < -0.3 is 4.42 Å². The Hall–Kier alpha value is -2.94. The molecule has 1 aromatic carbocycles. The van der Waals surface area contributed by atoms with Crippen molar-refractivity contribution in [1.82, 2.24) is 25.2 Å². The highest BCUT2D eigenvalue weighted by atomic mass is 32.2. The lowest BCUT2D eigenvalue weighted by Crippen LogP contribution is -2.25. The van der Waals surface area contributed by atoms with Gasteiger partial charge in [0.1, 0.15) is 12.3 Å². The molecule has 0 aliphatic carbocycles. The van der Waals surface area contributed by atoms with Gasteiger partial charge in [-0.3, -0.25) is 4.79 Å². The summed E-state index contributed by atoms with van der Waals surface area (Å²) in [5.41, 5.74) is 1.99. The van der Waals surface area contributed by atoms with E-state index in [-0.39, 0.29) is 11.7 Å². The molecule has 0 bridgehead atoms. The quantitative estimate of drug-likeness (QED) is 0.619. The average Bonchev–Trinajstić information content (AvgIpc) is 3.43. The van der Waals surface area contributed by atoms with Gasteiger partial charge in [-0.05, 0) is 28.1 Å². The second-order valence-corrected chi connectivity index (χ2v) is 6.61. The Morgan fingerprint density at radius 3 is 2.88 bits per heavy atom. The van der Waals surface area contributed by atoms with Gasteiger partial charge in [0, 0.05) is 6.42 Å². The normalized spacial score (nSPS) is 13.8. The summed E-state index contributed by atoms with van der Waals surface area (Å²) in [4.78, 5) is 12.4. The van der Waals surface area contributed by atoms with E-state index in [2.05, 4.69) is 20.6 Å². The van der Waals surface area contributed by atoms with Gasteiger partial charge in [-0.1, -0.05) is 42.1 Å². The second kappa shape index (κ2) is 7.52. The molecule has 0 N–H and O–H groups in total. The maximum absolute atomic E-state index is 12.4. The van der Waals surface area contributed by atoms with Crippen molar-refractivity contribution in [3.63, 3.8) is 0 Å². The van der Waals surface area contributed by atoms with Crippen molar-refractivity contribution in [2.75, 3.05) is 12.3 Å². The summed E-state index contributed by atoms with van der Waals surface area (Å²) >= 11 is 1.29. The van der Waals surface area contributed by atoms with Crippen LogP contribution >= 0.6 is 11.8 Å². The summed E-state index contributed by atoms with van der Waals surface area (Å²) in [5.74, 6) is 0.917. The number of hydrogen-bond acceptors (Lipinski definition) is 7. The lowest BCUT2D eigenvalue weighted by Gasteiger charge is -2.10. The third-order valence-corrected chi connectivity index (χ3v) is 4.85. The Bertz CT molecular complexity index is 907. The first-order chi connectivity index (χ1) is 12.8. The van der Waals surface area contributed by atoms with Gasteiger partial charge in [0.25, 0.3) is 5.91 Å². The summed E-state index contributed by atoms with van der Waals surface area (Å²) in [7, 11) is 0. The summed E-state index contributed by atoms with van der Waals surface area (Å²) in [6, 6.07) is 13.6. The summed E-state index contributed by atoms with van der Waals surface area (Å²) in [5, 5.41) is 18.1. The van der Waals surface area contributed by atoms with Crippen LogP contribution in [0.25, 0.3) is 0 Å². The van der Waals surface area contributed by atoms with E-state index in [1.807, 2.05) is 42.5 Å². The lowest BCUT2D eigenvalue weighted by atomic mass is 10.1. The molecule has 132 valence electrons. The molecule has 4 rings (SSSR count). The number of nitrogens with zero attached hydrogens (tertiary/aromatic N) is 6. The van der Waals surface area contributed by atoms with Crippen LogP contribution in [-0.2, 0) is 11.3 Å². The van der Waals surface area contributed by atoms with Crippen LogP contribution in [0.2, 0.25) is 0 Å². The van der Waals surface area contributed by atoms with E-state index in [0.717, 1.165) is 23.5 Å². The molecule has 0 spiro atoms. The standard InChI is InChI=1S/C17H16N6O2S/c24-16(22-9-8-15(19-22)13-5-2-1-3-6-13)12-26-17-18-20-21-23(17)11-14-7-4-10-25-14/h1-7,10H,8-9,11-12H2. The maximum atomic E-state index is 12.4. The minimum Gasteiger partial charge on any atom is -0.467 e. The number of furan rings is 1. The maximum Gasteiger partial charge on any atom is 0.253 e. The molecule has 8 nitrogen and oxygen atoms in total. The highest BCUT2D eigenvalue weighted by Crippen LogP contribution is 2.19. The first-order valence-corrected chi connectivity index (χ1v) is 9.13. The molecule has 3 aromatic rings. The molecular weight excluding hydrogens is 352 g/mol. The second-order valence-electron chi connectivity index (χ2n) is 5.67. The SMILES string of the molecule is O=C(CSc1nnnn1Cc1ccco1)N1CCC(c2ccccc2)=N1. The van der Waals surface area contributed by atoms with Crippen LogP contribution in [-0.4, -0.2) is 49.1 Å². The molecule has 3 heterocycles. The molecule has 9 heteroatoms. The third-order valence-electron chi connectivity index (χ3n) is 3.91. The van der Waals surface area contributed by atoms with Crippen LogP contribution in [0.15, 0.2) is 63.4 Å². The number of carbonyl (C=O) groups excluding carboxylic acids is 1. The topological polar surface area (TPSA) is 89.4 Å². The Kier molecular flexibility index (Phi) is 4.78. The molecule has 0 fully saturated rings. The number of tetrazole rings is 1. The number of carbonyl (C=O) groups is 1. The van der Waals surface area contributed by atoms with E-state index in [1.165, 1.54) is 16.8 Å². The van der Waals surface area contributed by atoms with Gasteiger partial charge in [0.05, 0.1) is 24.3 Å². The van der Waals surface area contributed by atoms with Crippen molar-refractivity contribution in [3.8, 4) is 0 Å². The fourth-order valence-electron chi connectivity index (χ4n) is 2.62. The van der Waals surface area contributed by atoms with Crippen LogP contribution in [0.1, 0.15) is 17.7 Å². The minimum absolute atomic E-state index is 0.0616. The van der Waals surface area contributed by atoms with Crippen LogP contribution in [0.5, 0.6) is 0 Å². The Morgan fingerprint density at radius 2 is 2.08 bits per heavy atom. The molecule has 0 saturated carbocycles. The summed E-state index contributed by atoms with van der Waals surface area (Å²) in [6.07, 6.45) is 2.36. The predicted molar refractivity (Wildman–Crippen MR) is 95.7 cm³/mol. The smallest absolute Gasteiger partial charge is 0.253 e. The van der Waals surface area contributed by atoms with Gasteiger partial charge >= 0.3 is 0 Å². The fraction of sp³-hybridized carbons (Fsp3) is 0.235. The van der Waals surface area contributed by atoms with Crippen molar-refractivity contribution in [1.29, 1.82) is 0 Å². The number of rotatable bonds is 6. The number of hydrazone groups is 1. The summed E-state index contributed by atoms with van der Waals surface area (Å²) < 4.78 is 6.91. The zero-order valence-corrected chi connectivity index (χ0v) is 14.7. The molecule has 0 radical (unpaired) electrons. The van der Waals surface area contributed by atoms with Crippen molar-refractivity contribution in [2.45, 2.75) is 18.1 Å². The molecule has 0 atom stereocenters. The largest absolute Gasteiger partial charge is 0.467 e. The lowest BCUT2D eigenvalue weighted by molar-refractivity contribution is -0.127. The van der Waals surface area contributed by atoms with Crippen molar-refractivity contribution in [2.24, 2.45) is 5.10 Å². The monoisotopic (exact) mass is 368 g/mol. The number of aromatic nitrogens is 4. The molecule has 1 aliphatic heterocycles. The molecular formula is C17H16N6O2S. The van der Waals surface area contributed by atoms with E-state index in [1.54, 1.807) is 10.9 Å². The highest BCUT2D eigenvalue weighted by Gasteiger charge is 2.22. The van der Waals surface area contributed by atoms with Crippen molar-refractivity contribution in [3.05, 3.63) is 60.1 Å². The first kappa shape index (κ1) is 16.5. The number of hydrogen-bond donors (Lipinski definition) is 0. The van der Waals surface area contributed by atoms with Gasteiger partial charge in [-0.25, -0.2) is 9.69 Å². The number of amides is 1. The van der Waals surface area contributed by atoms with Crippen molar-refractivity contribution >= 4 is 23.4 Å². The molecule has 0 saturated heterocycles. The van der Waals surface area contributed by atoms with Crippen LogP contribution in [0, 0.1) is 0 Å². The Balaban J connectivity index is 1.36. The van der Waals surface area contributed by atoms with Gasteiger partial charge in [0.15, 0.2) is 0 Å². The Labute approximate surface area is 153 Å². The van der Waals surface area contributed by atoms with E-state index in [4.69, 9.17) is 4.42 Å². The van der Waals surface area contributed by atoms with E-state index >= 15 is 0 Å². The zero-order valence-electron chi connectivity index (χ0n) is 13.9. The molecule has 0 unspecified atom stereocenters. The zero-order chi connectivity index (χ0) is 17.8. The Morgan fingerprint density at radius 1 is 1.19 bits per heavy atom. The minimum atomic E-state index is -0.0616. The third kappa shape index (κ3) is 3.67. The summed E-state index contributed by atoms with van der Waals surface area (Å²) in [6.45, 7) is 1.03. The number of thioether (sulfide) groups is 1. The fourth-order valence-corrected chi connectivity index (χ4v) is 3.37. The van der Waals surface area contributed by atoms with Crippen LogP contribution in [0.4, 0.5) is 0 Å². The average molecular weight is 368 g/mol. The van der Waals surface area contributed by atoms with Gasteiger partial charge in [-0.2, -0.15) is 5.10 Å². The van der Waals surface area contributed by atoms with Crippen molar-refractivity contribution < 1.29 is 9.21 Å². The molecule has 1 amide bonds.